The second-order valence-corrected chi connectivity index (χ2v) is 9.07. The SMILES string of the molecule is CC(C)C[C@@H](Nc1ccc(S(=O)(=O)N2CCOCC2)cn1)c1ccccc1. The lowest BCUT2D eigenvalue weighted by molar-refractivity contribution is 0.0730. The fourth-order valence-corrected chi connectivity index (χ4v) is 4.52. The lowest BCUT2D eigenvalue weighted by Gasteiger charge is -2.26. The molecular formula is C20H27N3O3S. The summed E-state index contributed by atoms with van der Waals surface area (Å²) in [5.74, 6) is 1.19. The number of pyridine rings is 1. The minimum atomic E-state index is -3.52. The molecule has 0 saturated carbocycles. The summed E-state index contributed by atoms with van der Waals surface area (Å²) in [5, 5.41) is 3.45. The van der Waals surface area contributed by atoms with E-state index in [2.05, 4.69) is 36.3 Å². The third kappa shape index (κ3) is 5.06. The van der Waals surface area contributed by atoms with Crippen molar-refractivity contribution >= 4 is 15.8 Å². The van der Waals surface area contributed by atoms with Crippen LogP contribution in [0.4, 0.5) is 5.82 Å². The summed E-state index contributed by atoms with van der Waals surface area (Å²) in [4.78, 5) is 4.58. The Bertz CT molecular complexity index is 817. The van der Waals surface area contributed by atoms with Crippen molar-refractivity contribution in [1.29, 1.82) is 0 Å². The highest BCUT2D eigenvalue weighted by Crippen LogP contribution is 2.26. The van der Waals surface area contributed by atoms with Gasteiger partial charge in [0, 0.05) is 19.3 Å². The van der Waals surface area contributed by atoms with Gasteiger partial charge in [-0.25, -0.2) is 13.4 Å². The number of benzene rings is 1. The molecule has 3 rings (SSSR count). The Labute approximate surface area is 161 Å². The van der Waals surface area contributed by atoms with Gasteiger partial charge in [0.15, 0.2) is 0 Å². The second kappa shape index (κ2) is 8.82. The number of nitrogens with one attached hydrogen (secondary N) is 1. The molecule has 1 aliphatic rings. The lowest BCUT2D eigenvalue weighted by Crippen LogP contribution is -2.40. The second-order valence-electron chi connectivity index (χ2n) is 7.13. The number of aromatic nitrogens is 1. The van der Waals surface area contributed by atoms with Gasteiger partial charge in [0.2, 0.25) is 10.0 Å². The van der Waals surface area contributed by atoms with Crippen molar-refractivity contribution in [2.45, 2.75) is 31.2 Å². The van der Waals surface area contributed by atoms with Gasteiger partial charge in [0.1, 0.15) is 10.7 Å². The van der Waals surface area contributed by atoms with Crippen LogP contribution in [0, 0.1) is 5.92 Å². The maximum Gasteiger partial charge on any atom is 0.244 e. The number of hydrogen-bond donors (Lipinski definition) is 1. The zero-order valence-electron chi connectivity index (χ0n) is 15.8. The largest absolute Gasteiger partial charge is 0.379 e. The van der Waals surface area contributed by atoms with Crippen molar-refractivity contribution in [2.75, 3.05) is 31.6 Å². The predicted octanol–water partition coefficient (Wildman–Crippen LogP) is 3.30. The molecule has 0 radical (unpaired) electrons. The molecule has 1 N–H and O–H groups in total. The van der Waals surface area contributed by atoms with Gasteiger partial charge in [0.25, 0.3) is 0 Å². The molecule has 1 aromatic heterocycles. The van der Waals surface area contributed by atoms with Gasteiger partial charge in [-0.15, -0.1) is 0 Å². The third-order valence-electron chi connectivity index (χ3n) is 4.58. The number of morpholine rings is 1. The molecule has 6 nitrogen and oxygen atoms in total. The normalized spacial score (nSPS) is 17.0. The first kappa shape index (κ1) is 19.8. The molecular weight excluding hydrogens is 362 g/mol. The number of hydrogen-bond acceptors (Lipinski definition) is 5. The maximum absolute atomic E-state index is 12.7. The number of nitrogens with zero attached hydrogens (tertiary/aromatic N) is 2. The molecule has 1 fully saturated rings. The van der Waals surface area contributed by atoms with E-state index < -0.39 is 10.0 Å². The molecule has 2 heterocycles. The van der Waals surface area contributed by atoms with Crippen LogP contribution in [-0.2, 0) is 14.8 Å². The van der Waals surface area contributed by atoms with Crippen molar-refractivity contribution < 1.29 is 13.2 Å². The summed E-state index contributed by atoms with van der Waals surface area (Å²) in [6, 6.07) is 13.7. The van der Waals surface area contributed by atoms with Gasteiger partial charge in [0.05, 0.1) is 19.3 Å². The summed E-state index contributed by atoms with van der Waals surface area (Å²) < 4.78 is 32.1. The summed E-state index contributed by atoms with van der Waals surface area (Å²) >= 11 is 0. The highest BCUT2D eigenvalue weighted by Gasteiger charge is 2.26. The van der Waals surface area contributed by atoms with Crippen LogP contribution in [0.25, 0.3) is 0 Å². The predicted molar refractivity (Wildman–Crippen MR) is 106 cm³/mol. The molecule has 0 unspecified atom stereocenters. The quantitative estimate of drug-likeness (QED) is 0.787. The van der Waals surface area contributed by atoms with Crippen molar-refractivity contribution in [2.24, 2.45) is 5.92 Å². The molecule has 146 valence electrons. The van der Waals surface area contributed by atoms with Crippen LogP contribution in [0.1, 0.15) is 31.9 Å². The number of sulfonamides is 1. The van der Waals surface area contributed by atoms with Gasteiger partial charge >= 0.3 is 0 Å². The first-order chi connectivity index (χ1) is 13.0. The van der Waals surface area contributed by atoms with Gasteiger partial charge in [-0.05, 0) is 30.0 Å². The topological polar surface area (TPSA) is 71.5 Å². The molecule has 0 amide bonds. The highest BCUT2D eigenvalue weighted by molar-refractivity contribution is 7.89. The van der Waals surface area contributed by atoms with E-state index in [4.69, 9.17) is 4.74 Å². The smallest absolute Gasteiger partial charge is 0.244 e. The van der Waals surface area contributed by atoms with Crippen molar-refractivity contribution in [1.82, 2.24) is 9.29 Å². The maximum atomic E-state index is 12.7. The Morgan fingerprint density at radius 1 is 1.11 bits per heavy atom. The highest BCUT2D eigenvalue weighted by atomic mass is 32.2. The van der Waals surface area contributed by atoms with Gasteiger partial charge in [-0.1, -0.05) is 44.2 Å². The monoisotopic (exact) mass is 389 g/mol. The zero-order valence-corrected chi connectivity index (χ0v) is 16.7. The summed E-state index contributed by atoms with van der Waals surface area (Å²) in [6.07, 6.45) is 2.39. The molecule has 27 heavy (non-hydrogen) atoms. The Morgan fingerprint density at radius 2 is 1.81 bits per heavy atom. The first-order valence-electron chi connectivity index (χ1n) is 9.32. The number of rotatable bonds is 7. The molecule has 2 aromatic rings. The minimum Gasteiger partial charge on any atom is -0.379 e. The van der Waals surface area contributed by atoms with Crippen LogP contribution >= 0.6 is 0 Å². The van der Waals surface area contributed by atoms with Crippen LogP contribution in [-0.4, -0.2) is 44.0 Å². The number of anilines is 1. The van der Waals surface area contributed by atoms with E-state index >= 15 is 0 Å². The third-order valence-corrected chi connectivity index (χ3v) is 6.46. The Kier molecular flexibility index (Phi) is 6.46. The molecule has 0 spiro atoms. The van der Waals surface area contributed by atoms with Crippen molar-refractivity contribution in [3.63, 3.8) is 0 Å². The molecule has 0 bridgehead atoms. The molecule has 1 atom stereocenters. The van der Waals surface area contributed by atoms with Crippen LogP contribution in [0.3, 0.4) is 0 Å². The molecule has 7 heteroatoms. The summed E-state index contributed by atoms with van der Waals surface area (Å²) in [5.41, 5.74) is 1.19. The molecule has 1 saturated heterocycles. The summed E-state index contributed by atoms with van der Waals surface area (Å²) in [6.45, 7) is 5.99. The van der Waals surface area contributed by atoms with Crippen molar-refractivity contribution in [3.8, 4) is 0 Å². The average molecular weight is 390 g/mol. The fraction of sp³-hybridized carbons (Fsp3) is 0.450. The van der Waals surface area contributed by atoms with E-state index in [1.54, 1.807) is 12.1 Å². The Hall–Kier alpha value is -1.96. The lowest BCUT2D eigenvalue weighted by atomic mass is 9.97. The van der Waals surface area contributed by atoms with E-state index in [1.165, 1.54) is 16.1 Å². The molecule has 1 aliphatic heterocycles. The first-order valence-corrected chi connectivity index (χ1v) is 10.8. The van der Waals surface area contributed by atoms with E-state index in [0.29, 0.717) is 38.0 Å². The van der Waals surface area contributed by atoms with E-state index in [0.717, 1.165) is 6.42 Å². The van der Waals surface area contributed by atoms with Crippen molar-refractivity contribution in [3.05, 3.63) is 54.2 Å². The minimum absolute atomic E-state index is 0.125. The summed E-state index contributed by atoms with van der Waals surface area (Å²) in [7, 11) is -3.52. The van der Waals surface area contributed by atoms with Crippen LogP contribution in [0.5, 0.6) is 0 Å². The molecule has 0 aliphatic carbocycles. The van der Waals surface area contributed by atoms with Crippen LogP contribution < -0.4 is 5.32 Å². The Balaban J connectivity index is 1.75. The van der Waals surface area contributed by atoms with Gasteiger partial charge in [-0.3, -0.25) is 0 Å². The Morgan fingerprint density at radius 3 is 2.41 bits per heavy atom. The van der Waals surface area contributed by atoms with Gasteiger partial charge in [-0.2, -0.15) is 4.31 Å². The van der Waals surface area contributed by atoms with E-state index in [-0.39, 0.29) is 10.9 Å². The van der Waals surface area contributed by atoms with E-state index in [1.807, 2.05) is 18.2 Å². The van der Waals surface area contributed by atoms with Crippen LogP contribution in [0.2, 0.25) is 0 Å². The average Bonchev–Trinajstić information content (AvgIpc) is 2.69. The fourth-order valence-electron chi connectivity index (χ4n) is 3.17. The van der Waals surface area contributed by atoms with E-state index in [9.17, 15) is 8.42 Å². The zero-order chi connectivity index (χ0) is 19.3. The van der Waals surface area contributed by atoms with Crippen LogP contribution in [0.15, 0.2) is 53.6 Å². The standard InChI is InChI=1S/C20H27N3O3S/c1-16(2)14-19(17-6-4-3-5-7-17)22-20-9-8-18(15-21-20)27(24,25)23-10-12-26-13-11-23/h3-9,15-16,19H,10-14H2,1-2H3,(H,21,22)/t19-/m1/s1. The van der Waals surface area contributed by atoms with Gasteiger partial charge < -0.3 is 10.1 Å². The number of ether oxygens (including phenoxy) is 1. The molecule has 1 aromatic carbocycles.